The Morgan fingerprint density at radius 3 is 2.77 bits per heavy atom. The van der Waals surface area contributed by atoms with Crippen LogP contribution in [0.25, 0.3) is 0 Å². The summed E-state index contributed by atoms with van der Waals surface area (Å²) in [7, 11) is 3.24. The third-order valence-corrected chi connectivity index (χ3v) is 5.49. The van der Waals surface area contributed by atoms with Gasteiger partial charge in [-0.25, -0.2) is 0 Å². The van der Waals surface area contributed by atoms with Crippen LogP contribution in [-0.2, 0) is 17.8 Å². The first-order valence-electron chi connectivity index (χ1n) is 8.68. The predicted octanol–water partition coefficient (Wildman–Crippen LogP) is 3.22. The van der Waals surface area contributed by atoms with Gasteiger partial charge in [-0.2, -0.15) is 5.26 Å². The van der Waals surface area contributed by atoms with Crippen molar-refractivity contribution in [2.75, 3.05) is 14.2 Å². The smallest absolute Gasteiger partial charge is 0.223 e. The molecule has 2 aliphatic rings. The molecule has 1 heterocycles. The summed E-state index contributed by atoms with van der Waals surface area (Å²) in [6.45, 7) is 0.489. The van der Waals surface area contributed by atoms with E-state index < -0.39 is 0 Å². The average Bonchev–Trinajstić information content (AvgIpc) is 3.17. The fraction of sp³-hybridized carbons (Fsp3) is 0.333. The zero-order chi connectivity index (χ0) is 18.3. The van der Waals surface area contributed by atoms with Gasteiger partial charge in [-0.3, -0.25) is 4.79 Å². The van der Waals surface area contributed by atoms with Crippen molar-refractivity contribution in [3.8, 4) is 17.6 Å². The lowest BCUT2D eigenvalue weighted by Gasteiger charge is -2.26. The lowest BCUT2D eigenvalue weighted by Crippen LogP contribution is -2.27. The summed E-state index contributed by atoms with van der Waals surface area (Å²) < 4.78 is 10.7. The van der Waals surface area contributed by atoms with Crippen molar-refractivity contribution in [3.63, 3.8) is 0 Å². The van der Waals surface area contributed by atoms with E-state index in [2.05, 4.69) is 12.1 Å². The van der Waals surface area contributed by atoms with Crippen molar-refractivity contribution < 1.29 is 14.3 Å². The van der Waals surface area contributed by atoms with Crippen LogP contribution in [-0.4, -0.2) is 25.0 Å². The number of ether oxygens (including phenoxy) is 2. The Kier molecular flexibility index (Phi) is 4.04. The minimum atomic E-state index is 0.0395. The summed E-state index contributed by atoms with van der Waals surface area (Å²) in [5, 5.41) is 9.38. The van der Waals surface area contributed by atoms with E-state index in [0.717, 1.165) is 34.4 Å². The SMILES string of the molecule is COc1ccc(CN2C(=O)CC3Cc4c(C#N)cccc4C32)c(OC)c1. The van der Waals surface area contributed by atoms with Gasteiger partial charge in [0.2, 0.25) is 5.91 Å². The van der Waals surface area contributed by atoms with Crippen LogP contribution in [0, 0.1) is 17.2 Å². The molecule has 0 aromatic heterocycles. The minimum Gasteiger partial charge on any atom is -0.497 e. The van der Waals surface area contributed by atoms with Gasteiger partial charge in [-0.05, 0) is 41.7 Å². The number of amides is 1. The zero-order valence-electron chi connectivity index (χ0n) is 14.9. The molecule has 1 amide bonds. The van der Waals surface area contributed by atoms with Crippen LogP contribution < -0.4 is 9.47 Å². The summed E-state index contributed by atoms with van der Waals surface area (Å²) in [5.74, 6) is 1.84. The second kappa shape index (κ2) is 6.38. The highest BCUT2D eigenvalue weighted by molar-refractivity contribution is 5.81. The normalized spacial score (nSPS) is 20.5. The van der Waals surface area contributed by atoms with E-state index >= 15 is 0 Å². The van der Waals surface area contributed by atoms with Crippen LogP contribution in [0.5, 0.6) is 11.5 Å². The van der Waals surface area contributed by atoms with Crippen LogP contribution in [0.15, 0.2) is 36.4 Å². The first kappa shape index (κ1) is 16.5. The van der Waals surface area contributed by atoms with Crippen molar-refractivity contribution in [3.05, 3.63) is 58.7 Å². The molecule has 5 heteroatoms. The van der Waals surface area contributed by atoms with E-state index in [0.29, 0.717) is 18.7 Å². The fourth-order valence-electron chi connectivity index (χ4n) is 4.30. The molecule has 4 rings (SSSR count). The molecule has 2 aromatic carbocycles. The predicted molar refractivity (Wildman–Crippen MR) is 95.8 cm³/mol. The van der Waals surface area contributed by atoms with Crippen LogP contribution in [0.4, 0.5) is 0 Å². The molecule has 0 bridgehead atoms. The number of likely N-dealkylation sites (tertiary alicyclic amines) is 1. The monoisotopic (exact) mass is 348 g/mol. The highest BCUT2D eigenvalue weighted by Crippen LogP contribution is 2.48. The molecule has 0 saturated carbocycles. The molecule has 2 aromatic rings. The number of benzene rings is 2. The second-order valence-electron chi connectivity index (χ2n) is 6.80. The van der Waals surface area contributed by atoms with Crippen LogP contribution in [0.2, 0.25) is 0 Å². The Labute approximate surface area is 152 Å². The second-order valence-corrected chi connectivity index (χ2v) is 6.80. The summed E-state index contributed by atoms with van der Waals surface area (Å²) in [4.78, 5) is 14.6. The van der Waals surface area contributed by atoms with Gasteiger partial charge in [-0.1, -0.05) is 12.1 Å². The first-order valence-corrected chi connectivity index (χ1v) is 8.68. The van der Waals surface area contributed by atoms with Gasteiger partial charge < -0.3 is 14.4 Å². The molecule has 1 saturated heterocycles. The molecule has 2 atom stereocenters. The van der Waals surface area contributed by atoms with Crippen LogP contribution in [0.3, 0.4) is 0 Å². The van der Waals surface area contributed by atoms with E-state index in [-0.39, 0.29) is 17.9 Å². The van der Waals surface area contributed by atoms with E-state index in [1.165, 1.54) is 0 Å². The fourth-order valence-corrected chi connectivity index (χ4v) is 4.30. The number of methoxy groups -OCH3 is 2. The number of fused-ring (bicyclic) bond motifs is 3. The quantitative estimate of drug-likeness (QED) is 0.851. The Bertz CT molecular complexity index is 916. The summed E-state index contributed by atoms with van der Waals surface area (Å²) >= 11 is 0. The Hall–Kier alpha value is -3.00. The van der Waals surface area contributed by atoms with Crippen molar-refractivity contribution in [1.82, 2.24) is 4.90 Å². The van der Waals surface area contributed by atoms with Gasteiger partial charge in [0.05, 0.1) is 31.9 Å². The highest BCUT2D eigenvalue weighted by Gasteiger charge is 2.46. The van der Waals surface area contributed by atoms with Gasteiger partial charge in [-0.15, -0.1) is 0 Å². The molecule has 2 unspecified atom stereocenters. The Morgan fingerprint density at radius 1 is 1.19 bits per heavy atom. The lowest BCUT2D eigenvalue weighted by molar-refractivity contribution is -0.129. The maximum absolute atomic E-state index is 12.7. The number of hydrogen-bond acceptors (Lipinski definition) is 4. The molecule has 1 aliphatic carbocycles. The van der Waals surface area contributed by atoms with Crippen molar-refractivity contribution in [2.24, 2.45) is 5.92 Å². The maximum Gasteiger partial charge on any atom is 0.223 e. The number of nitrogens with zero attached hydrogens (tertiary/aromatic N) is 2. The molecular weight excluding hydrogens is 328 g/mol. The van der Waals surface area contributed by atoms with Crippen molar-refractivity contribution in [2.45, 2.75) is 25.4 Å². The first-order chi connectivity index (χ1) is 12.7. The molecule has 1 aliphatic heterocycles. The minimum absolute atomic E-state index is 0.0395. The molecule has 0 N–H and O–H groups in total. The van der Waals surface area contributed by atoms with E-state index in [1.807, 2.05) is 35.2 Å². The number of hydrogen-bond donors (Lipinski definition) is 0. The van der Waals surface area contributed by atoms with E-state index in [1.54, 1.807) is 14.2 Å². The molecule has 0 radical (unpaired) electrons. The highest BCUT2D eigenvalue weighted by atomic mass is 16.5. The number of nitriles is 1. The third-order valence-electron chi connectivity index (χ3n) is 5.49. The average molecular weight is 348 g/mol. The molecule has 5 nitrogen and oxygen atoms in total. The summed E-state index contributed by atoms with van der Waals surface area (Å²) in [6, 6.07) is 13.8. The topological polar surface area (TPSA) is 62.6 Å². The lowest BCUT2D eigenvalue weighted by atomic mass is 10.0. The van der Waals surface area contributed by atoms with E-state index in [9.17, 15) is 10.1 Å². The van der Waals surface area contributed by atoms with Gasteiger partial charge in [0.1, 0.15) is 11.5 Å². The van der Waals surface area contributed by atoms with Crippen molar-refractivity contribution in [1.29, 1.82) is 5.26 Å². The summed E-state index contributed by atoms with van der Waals surface area (Å²) in [6.07, 6.45) is 1.33. The number of carbonyl (C=O) groups is 1. The van der Waals surface area contributed by atoms with Gasteiger partial charge in [0.25, 0.3) is 0 Å². The van der Waals surface area contributed by atoms with E-state index in [4.69, 9.17) is 9.47 Å². The standard InChI is InChI=1S/C21H20N2O3/c1-25-16-7-6-14(19(10-16)26-2)12-23-20(24)9-15-8-18-13(11-22)4-3-5-17(18)21(15)23/h3-7,10,15,21H,8-9,12H2,1-2H3. The number of carbonyl (C=O) groups excluding carboxylic acids is 1. The Morgan fingerprint density at radius 2 is 2.04 bits per heavy atom. The van der Waals surface area contributed by atoms with Crippen molar-refractivity contribution >= 4 is 5.91 Å². The summed E-state index contributed by atoms with van der Waals surface area (Å²) in [5.41, 5.74) is 3.90. The van der Waals surface area contributed by atoms with Gasteiger partial charge in [0.15, 0.2) is 0 Å². The third kappa shape index (κ3) is 2.50. The largest absolute Gasteiger partial charge is 0.497 e. The molecular formula is C21H20N2O3. The Balaban J connectivity index is 1.69. The maximum atomic E-state index is 12.7. The molecule has 0 spiro atoms. The molecule has 132 valence electrons. The zero-order valence-corrected chi connectivity index (χ0v) is 14.9. The van der Waals surface area contributed by atoms with Gasteiger partial charge >= 0.3 is 0 Å². The van der Waals surface area contributed by atoms with Crippen LogP contribution in [0.1, 0.15) is 34.7 Å². The molecule has 1 fully saturated rings. The molecule has 26 heavy (non-hydrogen) atoms. The van der Waals surface area contributed by atoms with Crippen LogP contribution >= 0.6 is 0 Å². The number of rotatable bonds is 4. The van der Waals surface area contributed by atoms with Gasteiger partial charge in [0, 0.05) is 24.6 Å².